The Morgan fingerprint density at radius 1 is 0.651 bits per heavy atom. The van der Waals surface area contributed by atoms with Gasteiger partial charge in [-0.1, -0.05) is 76.1 Å². The van der Waals surface area contributed by atoms with Crippen LogP contribution in [0.5, 0.6) is 0 Å². The molecule has 9 atom stereocenters. The molecule has 0 spiro atoms. The van der Waals surface area contributed by atoms with Crippen LogP contribution in [0.4, 0.5) is 0 Å². The van der Waals surface area contributed by atoms with Crippen molar-refractivity contribution in [2.45, 2.75) is 154 Å². The molecule has 2 saturated heterocycles. The number of guanidine groups is 1. The summed E-state index contributed by atoms with van der Waals surface area (Å²) < 4.78 is 10.2. The summed E-state index contributed by atoms with van der Waals surface area (Å²) in [5.74, 6) is -15.1. The number of nitrogens with one attached hydrogen (secondary N) is 14. The molecule has 0 aliphatic carbocycles. The summed E-state index contributed by atoms with van der Waals surface area (Å²) in [7, 11) is 3.10. The minimum absolute atomic E-state index is 0.00928. The van der Waals surface area contributed by atoms with E-state index < -0.39 is 162 Å². The summed E-state index contributed by atoms with van der Waals surface area (Å²) in [6.07, 6.45) is -1.11. The molecule has 2 aliphatic heterocycles. The number of carboxylic acids is 2. The van der Waals surface area contributed by atoms with Crippen molar-refractivity contribution in [2.75, 3.05) is 102 Å². The molecule has 0 radical (unpaired) electrons. The van der Waals surface area contributed by atoms with Crippen LogP contribution in [0.25, 0.3) is 0 Å². The normalized spacial score (nSPS) is 20.9. The number of carbonyl (C=O) groups is 14. The van der Waals surface area contributed by atoms with E-state index in [1.807, 2.05) is 34.6 Å². The van der Waals surface area contributed by atoms with Crippen LogP contribution in [-0.4, -0.2) is 277 Å². The van der Waals surface area contributed by atoms with E-state index in [2.05, 4.69) is 89.7 Å². The molecule has 2 heterocycles. The summed E-state index contributed by atoms with van der Waals surface area (Å²) >= 11 is 0.756. The van der Waals surface area contributed by atoms with Gasteiger partial charge in [0.15, 0.2) is 5.96 Å². The number of rotatable bonds is 34. The van der Waals surface area contributed by atoms with E-state index in [0.29, 0.717) is 56.4 Å². The van der Waals surface area contributed by atoms with Crippen molar-refractivity contribution < 1.29 is 97.2 Å². The van der Waals surface area contributed by atoms with Crippen LogP contribution in [0.1, 0.15) is 99.0 Å². The summed E-state index contributed by atoms with van der Waals surface area (Å²) in [5, 5.41) is 80.6. The highest BCUT2D eigenvalue weighted by atomic mass is 33.1. The van der Waals surface area contributed by atoms with Crippen LogP contribution >= 0.6 is 33.3 Å². The molecule has 3 rings (SSSR count). The third kappa shape index (κ3) is 38.8. The predicted molar refractivity (Wildman–Crippen MR) is 395 cm³/mol. The number of carbonyl (C=O) groups excluding carboxylic acids is 12. The third-order valence-electron chi connectivity index (χ3n) is 15.8. The van der Waals surface area contributed by atoms with Crippen molar-refractivity contribution in [3.05, 3.63) is 35.9 Å². The molecule has 2 unspecified atom stereocenters. The van der Waals surface area contributed by atoms with E-state index in [1.165, 1.54) is 7.11 Å². The molecule has 22 N–H and O–H groups in total. The van der Waals surface area contributed by atoms with Gasteiger partial charge in [-0.05, 0) is 59.4 Å². The summed E-state index contributed by atoms with van der Waals surface area (Å²) in [5.41, 5.74) is 11.5. The van der Waals surface area contributed by atoms with Crippen molar-refractivity contribution in [3.63, 3.8) is 0 Å². The average molecular weight is 1560 g/mol. The molecule has 0 saturated carbocycles. The lowest BCUT2D eigenvalue weighted by Crippen LogP contribution is -2.60. The smallest absolute Gasteiger partial charge is 0.305 e. The molecule has 2 aliphatic rings. The number of benzene rings is 1. The molecule has 2 bridgehead atoms. The first kappa shape index (κ1) is 93.0. The number of thioether (sulfide) groups is 1. The van der Waals surface area contributed by atoms with Gasteiger partial charge < -0.3 is 116 Å². The van der Waals surface area contributed by atoms with Crippen molar-refractivity contribution in [2.24, 2.45) is 32.2 Å². The number of nitrogens with zero attached hydrogens (tertiary/aromatic N) is 3. The van der Waals surface area contributed by atoms with Crippen LogP contribution in [0.15, 0.2) is 45.6 Å². The molecule has 106 heavy (non-hydrogen) atoms. The number of aliphatic carboxylic acids is 2. The number of methoxy groups -OCH3 is 1. The molecule has 12 amide bonds. The maximum absolute atomic E-state index is 14.3. The quantitative estimate of drug-likeness (QED) is 0.00769. The first-order valence-corrected chi connectivity index (χ1v) is 37.5. The van der Waals surface area contributed by atoms with Crippen LogP contribution in [-0.2, 0) is 83.0 Å². The van der Waals surface area contributed by atoms with Gasteiger partial charge in [-0.15, -0.1) is 11.8 Å². The van der Waals surface area contributed by atoms with Crippen molar-refractivity contribution in [1.29, 1.82) is 0 Å². The molecule has 1 aromatic carbocycles. The minimum Gasteiger partial charge on any atom is -0.481 e. The lowest BCUT2D eigenvalue weighted by Gasteiger charge is -2.36. The second-order valence-electron chi connectivity index (χ2n) is 25.3. The van der Waals surface area contributed by atoms with Crippen molar-refractivity contribution in [3.8, 4) is 0 Å². The lowest BCUT2D eigenvalue weighted by molar-refractivity contribution is -0.141. The van der Waals surface area contributed by atoms with Gasteiger partial charge >= 0.3 is 11.9 Å². The van der Waals surface area contributed by atoms with Crippen LogP contribution in [0.3, 0.4) is 0 Å². The number of aliphatic imine (C=N–C) groups is 1. The Kier molecular flexibility index (Phi) is 44.2. The number of nitrogens with two attached hydrogens (primary N) is 2. The van der Waals surface area contributed by atoms with E-state index in [1.54, 1.807) is 44.2 Å². The van der Waals surface area contributed by atoms with Gasteiger partial charge in [-0.2, -0.15) is 0 Å². The zero-order valence-electron chi connectivity index (χ0n) is 60.8. The molecule has 42 heteroatoms. The maximum Gasteiger partial charge on any atom is 0.305 e. The Bertz CT molecular complexity index is 3190. The topological polar surface area (TPSA) is 596 Å². The Morgan fingerprint density at radius 2 is 1.22 bits per heavy atom. The van der Waals surface area contributed by atoms with E-state index in [0.717, 1.165) is 39.8 Å². The number of hydrogen-bond donors (Lipinski definition) is 20. The highest BCUT2D eigenvalue weighted by Gasteiger charge is 2.37. The maximum atomic E-state index is 14.3. The van der Waals surface area contributed by atoms with Gasteiger partial charge in [0.25, 0.3) is 0 Å². The number of hydrogen-bond acceptors (Lipinski definition) is 26. The number of fused-ring (bicyclic) bond motifs is 5. The van der Waals surface area contributed by atoms with E-state index in [-0.39, 0.29) is 87.1 Å². The number of ether oxygens (including phenoxy) is 2. The standard InChI is InChI=1S/C41H59N13O15S3.C23H46N6O5/c1-69-11-10-44-29(55)15-46-35(63)26-17-70-20-31(57)49-25(14-33(60)61)38(66)53-27-18-71-72-19-28(40(68)51-23(36(64)52-26)12-21-6-3-2-4-7-21)54-37(65)24(13-32(58)59)48-30(56)16-47-34(62)22(50-39(27)67)8-5-9-45-41(42)43;1-8-12-34-13-11-24-20(30)9-10-21(31)26-15-23(7,14-25-17(2)18(3)28-32)16-27-22(5,6)19(4)29-33/h2-4,6-7,22-28H,5,8-20H2,1H3,(H,44,55)(H,46,63)(H,47,62)(H,48,56)(H,49,57)(H,50,67)(H,51,68)(H,52,64)(H,53,66)(H,54,65)(H,58,59)(H,60,61)(H4,42,43,45);17,25,27,32-33H,8-16H2,1-7H3,(H,24,30)(H,26,31)/b;28-18+,29-19+/t22-,23-,24-,25-,26-,27-,28-;/m0./s1. The van der Waals surface area contributed by atoms with Gasteiger partial charge in [0.2, 0.25) is 70.9 Å². The Labute approximate surface area is 626 Å². The van der Waals surface area contributed by atoms with Crippen LogP contribution in [0, 0.1) is 5.41 Å². The van der Waals surface area contributed by atoms with Gasteiger partial charge in [-0.25, -0.2) is 0 Å². The molecule has 1 aromatic rings. The third-order valence-corrected chi connectivity index (χ3v) is 19.3. The molecular formula is C64H105N19O20S3. The minimum atomic E-state index is -1.83. The summed E-state index contributed by atoms with van der Waals surface area (Å²) in [4.78, 5) is 188. The van der Waals surface area contributed by atoms with E-state index in [4.69, 9.17) is 31.4 Å². The summed E-state index contributed by atoms with van der Waals surface area (Å²) in [6.45, 7) is 15.0. The highest BCUT2D eigenvalue weighted by Crippen LogP contribution is 2.24. The van der Waals surface area contributed by atoms with Crippen molar-refractivity contribution >= 4 is 134 Å². The number of amides is 12. The fourth-order valence-electron chi connectivity index (χ4n) is 9.16. The average Bonchev–Trinajstić information content (AvgIpc) is 0.958. The number of oxime groups is 2. The second-order valence-corrected chi connectivity index (χ2v) is 28.9. The first-order valence-electron chi connectivity index (χ1n) is 33.9. The molecule has 594 valence electrons. The lowest BCUT2D eigenvalue weighted by atomic mass is 9.87. The fourth-order valence-corrected chi connectivity index (χ4v) is 12.3. The molecule has 39 nitrogen and oxygen atoms in total. The fraction of sp³-hybridized carbons (Fsp3) is 0.641. The monoisotopic (exact) mass is 1560 g/mol. The van der Waals surface area contributed by atoms with Crippen LogP contribution < -0.4 is 85.9 Å². The predicted octanol–water partition coefficient (Wildman–Crippen LogP) is -4.76. The Balaban J connectivity index is 0.000000940. The zero-order valence-corrected chi connectivity index (χ0v) is 63.3. The Morgan fingerprint density at radius 3 is 1.78 bits per heavy atom. The van der Waals surface area contributed by atoms with E-state index >= 15 is 0 Å². The SMILES string of the molecule is CCCOCCNC(=O)CCC(=O)NCC(C)(CNC(C)/C(C)=N/O)CNC(C)(C)/C(C)=N/O.COCCNC(=O)CNC(=O)[C@@H]1CSCC(=O)N[C@@H](CC(=O)O)C(=O)N[C@H]2CSSC[C@H](NC(=O)[C@H](CC(=O)O)NC(=O)CNC(=O)[C@H](CCCN=C(N)N)NC2=O)C(=O)N[C@@H](Cc2ccccc2)C(=O)N1. The molecule has 2 fully saturated rings. The van der Waals surface area contributed by atoms with Gasteiger partial charge in [-0.3, -0.25) is 72.1 Å². The first-order chi connectivity index (χ1) is 50.2. The van der Waals surface area contributed by atoms with Crippen LogP contribution in [0.2, 0.25) is 0 Å². The van der Waals surface area contributed by atoms with Gasteiger partial charge in [0.1, 0.15) is 42.3 Å². The molecule has 0 aromatic heterocycles. The second kappa shape index (κ2) is 50.4. The zero-order chi connectivity index (χ0) is 79.4. The van der Waals surface area contributed by atoms with Gasteiger partial charge in [0, 0.05) is 101 Å². The summed E-state index contributed by atoms with van der Waals surface area (Å²) in [6, 6.07) is -3.18. The largest absolute Gasteiger partial charge is 0.481 e. The Hall–Kier alpha value is -9.10. The molecular weight excluding hydrogens is 1450 g/mol. The van der Waals surface area contributed by atoms with E-state index in [9.17, 15) is 77.3 Å². The van der Waals surface area contributed by atoms with Crippen molar-refractivity contribution in [1.82, 2.24) is 74.4 Å². The van der Waals surface area contributed by atoms with Gasteiger partial charge in [0.05, 0.1) is 61.9 Å². The number of carboxylic acid groups (broad SMARTS) is 2. The highest BCUT2D eigenvalue weighted by molar-refractivity contribution is 8.76.